The standard InChI is InChI=1S/C26H32ClN4O9P/c1-16(23(34)38-18-6-4-3-5-7-18)30-41(36,40-19-10-8-17(27)9-11-19)37-14-20-22(33)26(2,15-28)24(39-20)31-13-12-21(32)29-25(31)35/h8-13,16,18,20,22,24,33H,3-7,14H2,1-2H3,(H,30,36)(H,29,32,35)/t16-,20+,22+,24+,26+,41?/m0/s1. The van der Waals surface area contributed by atoms with Crippen molar-refractivity contribution in [3.8, 4) is 11.8 Å². The van der Waals surface area contributed by atoms with Crippen molar-refractivity contribution >= 4 is 25.3 Å². The molecule has 1 aromatic heterocycles. The first-order valence-electron chi connectivity index (χ1n) is 13.2. The third kappa shape index (κ3) is 7.27. The maximum atomic E-state index is 13.9. The van der Waals surface area contributed by atoms with Gasteiger partial charge in [-0.05, 0) is 63.8 Å². The van der Waals surface area contributed by atoms with E-state index in [4.69, 9.17) is 30.1 Å². The Morgan fingerprint density at radius 2 is 1.98 bits per heavy atom. The van der Waals surface area contributed by atoms with E-state index >= 15 is 0 Å². The van der Waals surface area contributed by atoms with Crippen molar-refractivity contribution in [1.29, 1.82) is 5.26 Å². The SMILES string of the molecule is C[C@H](NP(=O)(OC[C@H]1O[C@@H](n2ccc(=O)[nH]c2=O)[C@](C)(C#N)[C@@H]1O)Oc1ccc(Cl)cc1)C(=O)OC1CCCCC1. The van der Waals surface area contributed by atoms with Gasteiger partial charge < -0.3 is 19.1 Å². The topological polar surface area (TPSA) is 182 Å². The number of aliphatic hydroxyl groups is 1. The summed E-state index contributed by atoms with van der Waals surface area (Å²) in [6.45, 7) is 2.28. The minimum absolute atomic E-state index is 0.116. The molecule has 4 rings (SSSR count). The number of aromatic nitrogens is 2. The molecule has 2 aliphatic rings. The molecule has 41 heavy (non-hydrogen) atoms. The molecule has 13 nitrogen and oxygen atoms in total. The molecule has 0 amide bonds. The number of aliphatic hydroxyl groups excluding tert-OH is 1. The molecule has 1 saturated carbocycles. The van der Waals surface area contributed by atoms with Crippen LogP contribution in [-0.4, -0.2) is 51.6 Å². The second-order valence-electron chi connectivity index (χ2n) is 10.3. The highest BCUT2D eigenvalue weighted by molar-refractivity contribution is 7.52. The second-order valence-corrected chi connectivity index (χ2v) is 12.4. The summed E-state index contributed by atoms with van der Waals surface area (Å²) >= 11 is 5.94. The normalized spacial score (nSPS) is 27.0. The van der Waals surface area contributed by atoms with Crippen molar-refractivity contribution < 1.29 is 33.0 Å². The predicted molar refractivity (Wildman–Crippen MR) is 146 cm³/mol. The zero-order chi connectivity index (χ0) is 29.8. The van der Waals surface area contributed by atoms with Gasteiger partial charge in [0.05, 0.1) is 12.7 Å². The van der Waals surface area contributed by atoms with Crippen LogP contribution >= 0.6 is 19.3 Å². The summed E-state index contributed by atoms with van der Waals surface area (Å²) in [6, 6.07) is 7.88. The van der Waals surface area contributed by atoms with Gasteiger partial charge in [0.25, 0.3) is 5.56 Å². The van der Waals surface area contributed by atoms with Gasteiger partial charge in [-0.2, -0.15) is 10.3 Å². The number of ether oxygens (including phenoxy) is 2. The van der Waals surface area contributed by atoms with Gasteiger partial charge >= 0.3 is 19.4 Å². The van der Waals surface area contributed by atoms with E-state index in [1.165, 1.54) is 38.1 Å². The number of nitriles is 1. The Labute approximate surface area is 240 Å². The summed E-state index contributed by atoms with van der Waals surface area (Å²) in [4.78, 5) is 38.8. The summed E-state index contributed by atoms with van der Waals surface area (Å²) in [5.74, 6) is -0.516. The Balaban J connectivity index is 1.52. The summed E-state index contributed by atoms with van der Waals surface area (Å²) in [6.07, 6.45) is 1.35. The maximum Gasteiger partial charge on any atom is 0.459 e. The van der Waals surface area contributed by atoms with Crippen LogP contribution in [0.1, 0.15) is 52.2 Å². The smallest absolute Gasteiger partial charge is 0.459 e. The van der Waals surface area contributed by atoms with Gasteiger partial charge in [0.2, 0.25) is 0 Å². The highest BCUT2D eigenvalue weighted by atomic mass is 35.5. The zero-order valence-corrected chi connectivity index (χ0v) is 24.2. The van der Waals surface area contributed by atoms with Crippen LogP contribution < -0.4 is 20.9 Å². The molecule has 2 heterocycles. The van der Waals surface area contributed by atoms with Gasteiger partial charge in [-0.15, -0.1) is 0 Å². The Hall–Kier alpha value is -2.98. The minimum Gasteiger partial charge on any atom is -0.461 e. The molecule has 1 unspecified atom stereocenters. The molecule has 0 spiro atoms. The van der Waals surface area contributed by atoms with Crippen LogP contribution in [0.25, 0.3) is 0 Å². The third-order valence-corrected chi connectivity index (χ3v) is 9.01. The first kappa shape index (κ1) is 31.0. The lowest BCUT2D eigenvalue weighted by atomic mass is 9.84. The lowest BCUT2D eigenvalue weighted by molar-refractivity contribution is -0.152. The van der Waals surface area contributed by atoms with Crippen molar-refractivity contribution in [2.45, 2.75) is 76.5 Å². The highest BCUT2D eigenvalue weighted by Crippen LogP contribution is 2.49. The molecule has 1 aliphatic carbocycles. The number of H-pyrrole nitrogens is 1. The molecule has 222 valence electrons. The molecule has 1 saturated heterocycles. The van der Waals surface area contributed by atoms with Gasteiger partial charge in [-0.25, -0.2) is 9.36 Å². The lowest BCUT2D eigenvalue weighted by Crippen LogP contribution is -2.41. The van der Waals surface area contributed by atoms with Gasteiger partial charge in [-0.3, -0.25) is 23.7 Å². The van der Waals surface area contributed by atoms with Gasteiger partial charge in [0.1, 0.15) is 35.5 Å². The molecule has 6 atom stereocenters. The zero-order valence-electron chi connectivity index (χ0n) is 22.5. The minimum atomic E-state index is -4.34. The summed E-state index contributed by atoms with van der Waals surface area (Å²) in [5, 5.41) is 23.9. The van der Waals surface area contributed by atoms with Crippen LogP contribution in [0.4, 0.5) is 0 Å². The van der Waals surface area contributed by atoms with E-state index in [1.807, 2.05) is 6.07 Å². The average Bonchev–Trinajstić information content (AvgIpc) is 3.19. The number of aromatic amines is 1. The number of halogens is 1. The van der Waals surface area contributed by atoms with E-state index in [-0.39, 0.29) is 11.9 Å². The first-order valence-corrected chi connectivity index (χ1v) is 15.1. The van der Waals surface area contributed by atoms with Crippen LogP contribution in [-0.2, 0) is 23.4 Å². The van der Waals surface area contributed by atoms with Crippen molar-refractivity contribution in [2.75, 3.05) is 6.61 Å². The van der Waals surface area contributed by atoms with Gasteiger partial charge in [0.15, 0.2) is 6.23 Å². The number of nitrogens with zero attached hydrogens (tertiary/aromatic N) is 2. The molecule has 15 heteroatoms. The number of nitrogens with one attached hydrogen (secondary N) is 2. The lowest BCUT2D eigenvalue weighted by Gasteiger charge is -2.27. The Kier molecular flexibility index (Phi) is 9.74. The molecular formula is C26H32ClN4O9P. The molecule has 2 aromatic rings. The van der Waals surface area contributed by atoms with Crippen LogP contribution in [0, 0.1) is 16.7 Å². The van der Waals surface area contributed by atoms with Crippen molar-refractivity contribution in [3.63, 3.8) is 0 Å². The molecule has 3 N–H and O–H groups in total. The maximum absolute atomic E-state index is 13.9. The fourth-order valence-electron chi connectivity index (χ4n) is 4.77. The number of esters is 1. The molecule has 1 aliphatic heterocycles. The Morgan fingerprint density at radius 3 is 2.61 bits per heavy atom. The molecule has 1 aromatic carbocycles. The average molecular weight is 611 g/mol. The summed E-state index contributed by atoms with van der Waals surface area (Å²) in [5.41, 5.74) is -3.14. The third-order valence-electron chi connectivity index (χ3n) is 7.12. The highest BCUT2D eigenvalue weighted by Gasteiger charge is 2.55. The second kappa shape index (κ2) is 12.9. The largest absolute Gasteiger partial charge is 0.461 e. The van der Waals surface area contributed by atoms with E-state index < -0.39 is 61.5 Å². The quantitative estimate of drug-likeness (QED) is 0.265. The number of hydrogen-bond donors (Lipinski definition) is 3. The molecule has 2 fully saturated rings. The number of carbonyl (C=O) groups is 1. The monoisotopic (exact) mass is 610 g/mol. The fraction of sp³-hybridized carbons (Fsp3) is 0.538. The predicted octanol–water partition coefficient (Wildman–Crippen LogP) is 3.04. The van der Waals surface area contributed by atoms with Crippen LogP contribution in [0.3, 0.4) is 0 Å². The van der Waals surface area contributed by atoms with E-state index in [2.05, 4.69) is 10.1 Å². The van der Waals surface area contributed by atoms with E-state index in [0.29, 0.717) is 5.02 Å². The first-order chi connectivity index (χ1) is 19.4. The number of rotatable bonds is 10. The Bertz CT molecular complexity index is 1440. The van der Waals surface area contributed by atoms with Crippen LogP contribution in [0.2, 0.25) is 5.02 Å². The molecule has 0 bridgehead atoms. The van der Waals surface area contributed by atoms with E-state index in [9.17, 15) is 29.3 Å². The molecular weight excluding hydrogens is 579 g/mol. The van der Waals surface area contributed by atoms with Crippen molar-refractivity contribution in [3.05, 3.63) is 62.4 Å². The van der Waals surface area contributed by atoms with Crippen molar-refractivity contribution in [2.24, 2.45) is 5.41 Å². The Morgan fingerprint density at radius 1 is 1.29 bits per heavy atom. The van der Waals surface area contributed by atoms with Crippen molar-refractivity contribution in [1.82, 2.24) is 14.6 Å². The number of hydrogen-bond acceptors (Lipinski definition) is 10. The van der Waals surface area contributed by atoms with Gasteiger partial charge in [-0.1, -0.05) is 18.0 Å². The van der Waals surface area contributed by atoms with Crippen LogP contribution in [0.5, 0.6) is 5.75 Å². The van der Waals surface area contributed by atoms with E-state index in [1.54, 1.807) is 0 Å². The van der Waals surface area contributed by atoms with Gasteiger partial charge in [0, 0.05) is 17.3 Å². The fourth-order valence-corrected chi connectivity index (χ4v) is 6.39. The van der Waals surface area contributed by atoms with E-state index in [0.717, 1.165) is 48.9 Å². The number of benzene rings is 1. The summed E-state index contributed by atoms with van der Waals surface area (Å²) < 4.78 is 37.6. The van der Waals surface area contributed by atoms with Crippen LogP contribution in [0.15, 0.2) is 46.1 Å². The number of carbonyl (C=O) groups excluding carboxylic acids is 1. The summed E-state index contributed by atoms with van der Waals surface area (Å²) in [7, 11) is -4.34. The molecule has 0 radical (unpaired) electrons.